The summed E-state index contributed by atoms with van der Waals surface area (Å²) < 4.78 is 15.4. The van der Waals surface area contributed by atoms with E-state index in [2.05, 4.69) is 45.3 Å². The molecule has 0 saturated carbocycles. The summed E-state index contributed by atoms with van der Waals surface area (Å²) in [6.07, 6.45) is 4.92. The van der Waals surface area contributed by atoms with Crippen molar-refractivity contribution in [2.75, 3.05) is 20.2 Å². The molecule has 14 heteroatoms. The summed E-state index contributed by atoms with van der Waals surface area (Å²) in [6, 6.07) is 23.2. The van der Waals surface area contributed by atoms with E-state index in [9.17, 15) is 19.2 Å². The lowest BCUT2D eigenvalue weighted by molar-refractivity contribution is -0.140. The second-order valence-electron chi connectivity index (χ2n) is 16.7. The third kappa shape index (κ3) is 13.5. The summed E-state index contributed by atoms with van der Waals surface area (Å²) in [5.41, 5.74) is 8.58. The number of hydrogen-bond acceptors (Lipinski definition) is 10. The number of methoxy groups -OCH3 is 1. The molecule has 60 heavy (non-hydrogen) atoms. The number of pyridine rings is 1. The summed E-state index contributed by atoms with van der Waals surface area (Å²) in [6.45, 7) is 16.5. The number of piperidine rings is 3. The molecule has 14 nitrogen and oxygen atoms in total. The number of carbonyl (C=O) groups excluding carboxylic acids is 2. The average molecular weight is 826 g/mol. The first-order valence-electron chi connectivity index (χ1n) is 19.9. The van der Waals surface area contributed by atoms with Crippen LogP contribution in [0.5, 0.6) is 5.75 Å². The molecule has 0 radical (unpaired) electrons. The van der Waals surface area contributed by atoms with E-state index in [4.69, 9.17) is 30.2 Å². The van der Waals surface area contributed by atoms with Crippen LogP contribution in [-0.4, -0.2) is 81.7 Å². The highest BCUT2D eigenvalue weighted by atomic mass is 16.6. The summed E-state index contributed by atoms with van der Waals surface area (Å²) in [4.78, 5) is 52.4. The first kappa shape index (κ1) is 46.7. The van der Waals surface area contributed by atoms with Crippen LogP contribution in [0.1, 0.15) is 89.2 Å². The Hall–Kier alpha value is -5.99. The van der Waals surface area contributed by atoms with Gasteiger partial charge in [0.2, 0.25) is 0 Å². The maximum atomic E-state index is 11.6. The van der Waals surface area contributed by atoms with Crippen LogP contribution in [0.15, 0.2) is 104 Å². The van der Waals surface area contributed by atoms with Gasteiger partial charge in [-0.3, -0.25) is 9.88 Å². The van der Waals surface area contributed by atoms with Crippen molar-refractivity contribution < 1.29 is 43.6 Å². The smallest absolute Gasteiger partial charge is 0.408 e. The van der Waals surface area contributed by atoms with E-state index in [1.807, 2.05) is 18.3 Å². The van der Waals surface area contributed by atoms with Crippen molar-refractivity contribution >= 4 is 35.0 Å². The minimum absolute atomic E-state index is 0.00354. The predicted octanol–water partition coefficient (Wildman–Crippen LogP) is 7.81. The number of aliphatic carboxylic acids is 2. The van der Waals surface area contributed by atoms with Gasteiger partial charge in [-0.1, -0.05) is 66.7 Å². The van der Waals surface area contributed by atoms with Crippen LogP contribution in [0, 0.1) is 11.8 Å². The number of carboxylic acids is 2. The molecular formula is C46H59N5O9. The molecule has 322 valence electrons. The molecule has 3 aromatic carbocycles. The Balaban J connectivity index is 0.000000202. The van der Waals surface area contributed by atoms with Gasteiger partial charge in [-0.05, 0) is 114 Å². The molecule has 3 aliphatic heterocycles. The number of hydrogen-bond donors (Lipinski definition) is 5. The Morgan fingerprint density at radius 1 is 0.833 bits per heavy atom. The monoisotopic (exact) mass is 825 g/mol. The van der Waals surface area contributed by atoms with Crippen LogP contribution in [0.2, 0.25) is 0 Å². The zero-order chi connectivity index (χ0) is 44.2. The third-order valence-electron chi connectivity index (χ3n) is 9.99. The molecular weight excluding hydrogens is 767 g/mol. The van der Waals surface area contributed by atoms with Crippen molar-refractivity contribution in [1.29, 1.82) is 0 Å². The molecule has 1 unspecified atom stereocenters. The number of nitrogens with two attached hydrogens (primary N) is 1. The number of ether oxygens (including phenoxy) is 3. The van der Waals surface area contributed by atoms with E-state index < -0.39 is 47.4 Å². The van der Waals surface area contributed by atoms with E-state index in [-0.39, 0.29) is 6.04 Å². The SMILES string of the molecule is C=C[C@H]1CN2CC[C@H]1C[C@H]2[C@@H](N)c1ccnc2ccc(OC)cc12.CC(C)(C)OC(=O)N[C@H](C(=O)O)c1ccccc1.CC(C)(C)OC(=O)N[C@H](C(=O)O)c1ccccc1. The van der Waals surface area contributed by atoms with Gasteiger partial charge >= 0.3 is 24.1 Å². The fourth-order valence-corrected chi connectivity index (χ4v) is 7.24. The third-order valence-corrected chi connectivity index (χ3v) is 9.99. The number of rotatable bonds is 10. The number of benzene rings is 3. The second-order valence-corrected chi connectivity index (χ2v) is 16.7. The van der Waals surface area contributed by atoms with Crippen LogP contribution in [0.4, 0.5) is 9.59 Å². The van der Waals surface area contributed by atoms with Crippen LogP contribution in [-0.2, 0) is 19.1 Å². The molecule has 2 amide bonds. The van der Waals surface area contributed by atoms with Gasteiger partial charge in [0.15, 0.2) is 12.1 Å². The lowest BCUT2D eigenvalue weighted by Crippen LogP contribution is -2.56. The lowest BCUT2D eigenvalue weighted by atomic mass is 9.73. The fraction of sp³-hybridized carbons (Fsp3) is 0.413. The minimum Gasteiger partial charge on any atom is -0.497 e. The van der Waals surface area contributed by atoms with Crippen LogP contribution in [0.3, 0.4) is 0 Å². The number of amides is 2. The molecule has 7 rings (SSSR count). The normalized spacial score (nSPS) is 19.7. The van der Waals surface area contributed by atoms with Crippen molar-refractivity contribution in [3.63, 3.8) is 0 Å². The Morgan fingerprint density at radius 2 is 1.35 bits per heavy atom. The standard InChI is InChI=1S/C20H25N3O.2C13H17NO4/c1-3-13-12-23-9-7-14(13)10-19(23)20(21)16-6-8-22-18-5-4-15(24-2)11-17(16)18;2*1-13(2,3)18-12(17)14-10(11(15)16)9-7-5-4-6-8-9/h3-6,8,11,13-14,19-20H,1,7,9-10,12,21H2,2H3;2*4-8,10H,1-3H3,(H,14,17)(H,15,16)/t13-,14-,19-,20-;2*10-/m000/s1. The first-order valence-corrected chi connectivity index (χ1v) is 19.9. The highest BCUT2D eigenvalue weighted by Crippen LogP contribution is 2.41. The van der Waals surface area contributed by atoms with Gasteiger partial charge in [0, 0.05) is 30.2 Å². The zero-order valence-electron chi connectivity index (χ0n) is 35.5. The molecule has 2 bridgehead atoms. The summed E-state index contributed by atoms with van der Waals surface area (Å²) >= 11 is 0. The minimum atomic E-state index is -1.13. The van der Waals surface area contributed by atoms with Gasteiger partial charge in [0.1, 0.15) is 17.0 Å². The van der Waals surface area contributed by atoms with E-state index >= 15 is 0 Å². The quantitative estimate of drug-likeness (QED) is 0.0972. The summed E-state index contributed by atoms with van der Waals surface area (Å²) in [7, 11) is 1.69. The predicted molar refractivity (Wildman–Crippen MR) is 229 cm³/mol. The molecule has 4 aromatic rings. The average Bonchev–Trinajstić information content (AvgIpc) is 3.21. The van der Waals surface area contributed by atoms with Crippen LogP contribution >= 0.6 is 0 Å². The molecule has 3 saturated heterocycles. The molecule has 0 aliphatic carbocycles. The van der Waals surface area contributed by atoms with Gasteiger partial charge in [0.25, 0.3) is 0 Å². The highest BCUT2D eigenvalue weighted by Gasteiger charge is 2.41. The lowest BCUT2D eigenvalue weighted by Gasteiger charge is -2.51. The molecule has 4 heterocycles. The molecule has 0 spiro atoms. The number of fused-ring (bicyclic) bond motifs is 4. The number of carboxylic acid groups (broad SMARTS) is 2. The van der Waals surface area contributed by atoms with Crippen molar-refractivity contribution in [2.24, 2.45) is 17.6 Å². The molecule has 6 N–H and O–H groups in total. The van der Waals surface area contributed by atoms with Crippen LogP contribution in [0.25, 0.3) is 10.9 Å². The summed E-state index contributed by atoms with van der Waals surface area (Å²) in [5, 5.41) is 24.0. The largest absolute Gasteiger partial charge is 0.497 e. The van der Waals surface area contributed by atoms with E-state index in [0.717, 1.165) is 42.1 Å². The van der Waals surface area contributed by atoms with Gasteiger partial charge in [-0.2, -0.15) is 0 Å². The van der Waals surface area contributed by atoms with Crippen molar-refractivity contribution in [3.05, 3.63) is 120 Å². The van der Waals surface area contributed by atoms with E-state index in [1.54, 1.807) is 109 Å². The van der Waals surface area contributed by atoms with Gasteiger partial charge in [0.05, 0.1) is 12.6 Å². The molecule has 3 aliphatic rings. The Labute approximate surface area is 352 Å². The first-order chi connectivity index (χ1) is 28.3. The maximum Gasteiger partial charge on any atom is 0.408 e. The van der Waals surface area contributed by atoms with Crippen molar-refractivity contribution in [2.45, 2.75) is 89.8 Å². The van der Waals surface area contributed by atoms with Gasteiger partial charge in [-0.25, -0.2) is 19.2 Å². The number of carbonyl (C=O) groups is 4. The number of aromatic nitrogens is 1. The van der Waals surface area contributed by atoms with Crippen molar-refractivity contribution in [1.82, 2.24) is 20.5 Å². The number of nitrogens with one attached hydrogen (secondary N) is 2. The van der Waals surface area contributed by atoms with E-state index in [1.165, 1.54) is 12.0 Å². The second kappa shape index (κ2) is 20.8. The fourth-order valence-electron chi connectivity index (χ4n) is 7.24. The van der Waals surface area contributed by atoms with Gasteiger partial charge in [-0.15, -0.1) is 6.58 Å². The van der Waals surface area contributed by atoms with Crippen molar-refractivity contribution in [3.8, 4) is 5.75 Å². The number of alkyl carbamates (subject to hydrolysis) is 2. The highest BCUT2D eigenvalue weighted by molar-refractivity contribution is 5.84. The van der Waals surface area contributed by atoms with Crippen LogP contribution < -0.4 is 21.1 Å². The Bertz CT molecular complexity index is 1980. The van der Waals surface area contributed by atoms with Gasteiger partial charge < -0.3 is 40.8 Å². The molecule has 3 fully saturated rings. The topological polar surface area (TPSA) is 203 Å². The molecule has 7 atom stereocenters. The maximum absolute atomic E-state index is 11.6. The Morgan fingerprint density at radius 3 is 1.77 bits per heavy atom. The summed E-state index contributed by atoms with van der Waals surface area (Å²) in [5.74, 6) is -0.0667. The Kier molecular flexibility index (Phi) is 16.2. The number of nitrogens with zero attached hydrogens (tertiary/aromatic N) is 2. The molecule has 1 aromatic heterocycles. The van der Waals surface area contributed by atoms with E-state index in [0.29, 0.717) is 23.1 Å². The zero-order valence-corrected chi connectivity index (χ0v) is 35.5.